The summed E-state index contributed by atoms with van der Waals surface area (Å²) in [4.78, 5) is 33.7. The zero-order valence-corrected chi connectivity index (χ0v) is 12.1. The predicted molar refractivity (Wildman–Crippen MR) is 74.7 cm³/mol. The van der Waals surface area contributed by atoms with Crippen molar-refractivity contribution >= 4 is 11.9 Å². The zero-order chi connectivity index (χ0) is 14.8. The number of hydrogen-bond acceptors (Lipinski definition) is 5. The monoisotopic (exact) mass is 289 g/mol. The average molecular weight is 289 g/mol. The maximum atomic E-state index is 12.0. The molecule has 1 aromatic heterocycles. The normalized spacial score (nSPS) is 19.4. The number of carbonyl (C=O) groups excluding carboxylic acids is 2. The fourth-order valence-corrected chi connectivity index (χ4v) is 2.77. The molecule has 1 aliphatic carbocycles. The molecule has 1 aromatic rings. The van der Waals surface area contributed by atoms with Crippen molar-refractivity contribution in [1.82, 2.24) is 14.9 Å². The van der Waals surface area contributed by atoms with Gasteiger partial charge in [-0.05, 0) is 31.7 Å². The summed E-state index contributed by atoms with van der Waals surface area (Å²) < 4.78 is 4.64. The highest BCUT2D eigenvalue weighted by molar-refractivity contribution is 5.84. The van der Waals surface area contributed by atoms with E-state index in [1.54, 1.807) is 6.20 Å². The van der Waals surface area contributed by atoms with Crippen molar-refractivity contribution < 1.29 is 14.3 Å². The van der Waals surface area contributed by atoms with Crippen LogP contribution >= 0.6 is 0 Å². The van der Waals surface area contributed by atoms with E-state index in [2.05, 4.69) is 14.7 Å². The van der Waals surface area contributed by atoms with Crippen LogP contribution in [0.4, 0.5) is 0 Å². The Morgan fingerprint density at radius 3 is 2.57 bits per heavy atom. The van der Waals surface area contributed by atoms with E-state index in [9.17, 15) is 9.59 Å². The Morgan fingerprint density at radius 1 is 1.24 bits per heavy atom. The number of aromatic nitrogens is 2. The summed E-state index contributed by atoms with van der Waals surface area (Å²) in [5.41, 5.74) is 0.865. The molecule has 6 nitrogen and oxygen atoms in total. The van der Waals surface area contributed by atoms with Crippen molar-refractivity contribution in [3.63, 3.8) is 0 Å². The smallest absolute Gasteiger partial charge is 0.376 e. The van der Waals surface area contributed by atoms with Gasteiger partial charge in [0.25, 0.3) is 0 Å². The summed E-state index contributed by atoms with van der Waals surface area (Å²) in [5.74, 6) is 0.460. The lowest BCUT2D eigenvalue weighted by Crippen LogP contribution is -2.39. The lowest BCUT2D eigenvalue weighted by molar-refractivity contribution is -0.133. The second-order valence-corrected chi connectivity index (χ2v) is 5.67. The van der Waals surface area contributed by atoms with Gasteiger partial charge in [0, 0.05) is 36.8 Å². The van der Waals surface area contributed by atoms with E-state index >= 15 is 0 Å². The van der Waals surface area contributed by atoms with Crippen LogP contribution in [0.5, 0.6) is 0 Å². The fraction of sp³-hybridized carbons (Fsp3) is 0.600. The second kappa shape index (κ2) is 5.79. The van der Waals surface area contributed by atoms with E-state index < -0.39 is 5.97 Å². The number of amides is 1. The molecule has 0 unspecified atom stereocenters. The van der Waals surface area contributed by atoms with Crippen LogP contribution in [0.2, 0.25) is 0 Å². The first kappa shape index (κ1) is 14.0. The van der Waals surface area contributed by atoms with Gasteiger partial charge in [-0.2, -0.15) is 0 Å². The van der Waals surface area contributed by atoms with E-state index in [1.165, 1.54) is 7.11 Å². The van der Waals surface area contributed by atoms with Crippen LogP contribution in [-0.2, 0) is 9.53 Å². The molecule has 2 heterocycles. The van der Waals surface area contributed by atoms with Crippen LogP contribution in [0.1, 0.15) is 47.9 Å². The Hall–Kier alpha value is -1.98. The zero-order valence-electron chi connectivity index (χ0n) is 12.1. The Labute approximate surface area is 123 Å². The van der Waals surface area contributed by atoms with Gasteiger partial charge < -0.3 is 9.64 Å². The SMILES string of the molecule is COC(=O)c1nccc(C2CCN(C(=O)C3CC3)CC2)n1. The van der Waals surface area contributed by atoms with Gasteiger partial charge in [0.2, 0.25) is 11.7 Å². The van der Waals surface area contributed by atoms with Crippen LogP contribution < -0.4 is 0 Å². The number of esters is 1. The molecule has 0 bridgehead atoms. The van der Waals surface area contributed by atoms with Crippen molar-refractivity contribution in [3.8, 4) is 0 Å². The number of ether oxygens (including phenoxy) is 1. The molecule has 1 amide bonds. The van der Waals surface area contributed by atoms with Crippen molar-refractivity contribution in [2.24, 2.45) is 5.92 Å². The quantitative estimate of drug-likeness (QED) is 0.786. The van der Waals surface area contributed by atoms with E-state index in [-0.39, 0.29) is 17.7 Å². The molecule has 2 aliphatic rings. The Balaban J connectivity index is 1.63. The average Bonchev–Trinajstić information content (AvgIpc) is 3.38. The van der Waals surface area contributed by atoms with Crippen molar-refractivity contribution in [3.05, 3.63) is 23.8 Å². The first-order valence-corrected chi connectivity index (χ1v) is 7.39. The van der Waals surface area contributed by atoms with Crippen LogP contribution in [0, 0.1) is 5.92 Å². The van der Waals surface area contributed by atoms with Gasteiger partial charge in [0.15, 0.2) is 0 Å². The standard InChI is InChI=1S/C15H19N3O3/c1-21-15(20)13-16-7-4-12(17-13)10-5-8-18(9-6-10)14(19)11-2-3-11/h4,7,10-11H,2-3,5-6,8-9H2,1H3. The van der Waals surface area contributed by atoms with Crippen LogP contribution in [-0.4, -0.2) is 46.9 Å². The van der Waals surface area contributed by atoms with Gasteiger partial charge in [-0.25, -0.2) is 14.8 Å². The summed E-state index contributed by atoms with van der Waals surface area (Å²) in [5, 5.41) is 0. The van der Waals surface area contributed by atoms with Crippen molar-refractivity contribution in [2.75, 3.05) is 20.2 Å². The minimum absolute atomic E-state index is 0.103. The third kappa shape index (κ3) is 3.04. The van der Waals surface area contributed by atoms with Crippen LogP contribution in [0.25, 0.3) is 0 Å². The molecule has 0 radical (unpaired) electrons. The highest BCUT2D eigenvalue weighted by Gasteiger charge is 2.35. The highest BCUT2D eigenvalue weighted by atomic mass is 16.5. The Bertz CT molecular complexity index is 549. The molecule has 0 N–H and O–H groups in total. The van der Waals surface area contributed by atoms with Gasteiger partial charge in [-0.15, -0.1) is 0 Å². The molecule has 0 spiro atoms. The summed E-state index contributed by atoms with van der Waals surface area (Å²) in [6.45, 7) is 1.55. The molecular weight excluding hydrogens is 270 g/mol. The highest BCUT2D eigenvalue weighted by Crippen LogP contribution is 2.34. The molecule has 2 fully saturated rings. The van der Waals surface area contributed by atoms with Crippen LogP contribution in [0.15, 0.2) is 12.3 Å². The molecule has 6 heteroatoms. The summed E-state index contributed by atoms with van der Waals surface area (Å²) in [7, 11) is 1.32. The van der Waals surface area contributed by atoms with Gasteiger partial charge in [-0.3, -0.25) is 4.79 Å². The van der Waals surface area contributed by atoms with Crippen LogP contribution in [0.3, 0.4) is 0 Å². The number of nitrogens with zero attached hydrogens (tertiary/aromatic N) is 3. The van der Waals surface area contributed by atoms with Gasteiger partial charge in [0.05, 0.1) is 7.11 Å². The van der Waals surface area contributed by atoms with E-state index in [0.29, 0.717) is 5.91 Å². The molecule has 1 saturated carbocycles. The second-order valence-electron chi connectivity index (χ2n) is 5.67. The number of carbonyl (C=O) groups is 2. The summed E-state index contributed by atoms with van der Waals surface area (Å²) in [6.07, 6.45) is 5.46. The number of rotatable bonds is 3. The number of likely N-dealkylation sites (tertiary alicyclic amines) is 1. The molecular formula is C15H19N3O3. The Kier molecular flexibility index (Phi) is 3.86. The fourth-order valence-electron chi connectivity index (χ4n) is 2.77. The Morgan fingerprint density at radius 2 is 1.95 bits per heavy atom. The molecule has 0 aromatic carbocycles. The molecule has 112 valence electrons. The number of hydrogen-bond donors (Lipinski definition) is 0. The third-order valence-corrected chi connectivity index (χ3v) is 4.20. The van der Waals surface area contributed by atoms with E-state index in [4.69, 9.17) is 0 Å². The minimum Gasteiger partial charge on any atom is -0.463 e. The number of piperidine rings is 1. The molecule has 21 heavy (non-hydrogen) atoms. The molecule has 0 atom stereocenters. The minimum atomic E-state index is -0.516. The maximum Gasteiger partial charge on any atom is 0.376 e. The first-order chi connectivity index (χ1) is 10.2. The lowest BCUT2D eigenvalue weighted by atomic mass is 9.93. The summed E-state index contributed by atoms with van der Waals surface area (Å²) in [6, 6.07) is 1.84. The molecule has 3 rings (SSSR count). The lowest BCUT2D eigenvalue weighted by Gasteiger charge is -2.31. The van der Waals surface area contributed by atoms with E-state index in [0.717, 1.165) is 44.5 Å². The predicted octanol–water partition coefficient (Wildman–Crippen LogP) is 1.38. The topological polar surface area (TPSA) is 72.4 Å². The van der Waals surface area contributed by atoms with Gasteiger partial charge in [0.1, 0.15) is 0 Å². The van der Waals surface area contributed by atoms with Crippen molar-refractivity contribution in [1.29, 1.82) is 0 Å². The van der Waals surface area contributed by atoms with Crippen molar-refractivity contribution in [2.45, 2.75) is 31.6 Å². The third-order valence-electron chi connectivity index (χ3n) is 4.20. The molecule has 1 saturated heterocycles. The van der Waals surface area contributed by atoms with Gasteiger partial charge in [-0.1, -0.05) is 0 Å². The molecule has 1 aliphatic heterocycles. The first-order valence-electron chi connectivity index (χ1n) is 7.39. The number of methoxy groups -OCH3 is 1. The maximum absolute atomic E-state index is 12.0. The van der Waals surface area contributed by atoms with Gasteiger partial charge >= 0.3 is 5.97 Å². The van der Waals surface area contributed by atoms with E-state index in [1.807, 2.05) is 11.0 Å². The summed E-state index contributed by atoms with van der Waals surface area (Å²) >= 11 is 0. The largest absolute Gasteiger partial charge is 0.463 e.